The Balaban J connectivity index is 1.81. The molecular weight excluding hydrogens is 380 g/mol. The molecule has 0 saturated carbocycles. The van der Waals surface area contributed by atoms with Gasteiger partial charge in [-0.05, 0) is 50.1 Å². The molecule has 27 heavy (non-hydrogen) atoms. The van der Waals surface area contributed by atoms with Crippen molar-refractivity contribution in [3.63, 3.8) is 0 Å². The van der Waals surface area contributed by atoms with Crippen molar-refractivity contribution in [1.29, 1.82) is 0 Å². The van der Waals surface area contributed by atoms with Gasteiger partial charge in [-0.25, -0.2) is 9.97 Å². The van der Waals surface area contributed by atoms with Crippen molar-refractivity contribution >= 4 is 28.6 Å². The van der Waals surface area contributed by atoms with Crippen LogP contribution in [0.25, 0.3) is 0 Å². The number of aromatic amines is 1. The van der Waals surface area contributed by atoms with Gasteiger partial charge in [-0.1, -0.05) is 0 Å². The van der Waals surface area contributed by atoms with E-state index in [4.69, 9.17) is 0 Å². The fraction of sp³-hybridized carbons (Fsp3) is 0.368. The Morgan fingerprint density at radius 2 is 2.00 bits per heavy atom. The highest BCUT2D eigenvalue weighted by molar-refractivity contribution is 7.11. The van der Waals surface area contributed by atoms with Crippen molar-refractivity contribution in [3.8, 4) is 0 Å². The molecule has 0 aliphatic rings. The molecule has 0 aliphatic heterocycles. The number of amides is 1. The number of thiophene rings is 1. The Bertz CT molecular complexity index is 986. The molecule has 3 aromatic heterocycles. The topological polar surface area (TPSA) is 87.7 Å². The summed E-state index contributed by atoms with van der Waals surface area (Å²) in [5.41, 5.74) is 2.86. The minimum absolute atomic E-state index is 0.00206. The Morgan fingerprint density at radius 3 is 2.59 bits per heavy atom. The molecule has 1 amide bonds. The second-order valence-electron chi connectivity index (χ2n) is 6.54. The number of nitrogens with zero attached hydrogens (tertiary/aromatic N) is 2. The van der Waals surface area contributed by atoms with E-state index in [1.807, 2.05) is 19.2 Å². The molecule has 6 nitrogen and oxygen atoms in total. The first kappa shape index (κ1) is 19.4. The third kappa shape index (κ3) is 4.70. The van der Waals surface area contributed by atoms with Gasteiger partial charge in [0.25, 0.3) is 5.56 Å². The Morgan fingerprint density at radius 1 is 1.22 bits per heavy atom. The lowest BCUT2D eigenvalue weighted by atomic mass is 10.1. The average Bonchev–Trinajstić information content (AvgIpc) is 3.20. The molecule has 1 atom stereocenters. The maximum absolute atomic E-state index is 12.7. The molecule has 0 radical (unpaired) electrons. The minimum atomic E-state index is -0.259. The van der Waals surface area contributed by atoms with Crippen LogP contribution in [0.15, 0.2) is 21.6 Å². The van der Waals surface area contributed by atoms with Gasteiger partial charge in [-0.15, -0.1) is 11.3 Å². The molecule has 1 unspecified atom stereocenters. The summed E-state index contributed by atoms with van der Waals surface area (Å²) in [6, 6.07) is 1.83. The van der Waals surface area contributed by atoms with Gasteiger partial charge in [0.2, 0.25) is 5.91 Å². The van der Waals surface area contributed by atoms with E-state index in [0.717, 1.165) is 21.1 Å². The molecule has 0 fully saturated rings. The smallest absolute Gasteiger partial charge is 0.254 e. The lowest BCUT2D eigenvalue weighted by Gasteiger charge is -2.16. The lowest BCUT2D eigenvalue weighted by Crippen LogP contribution is -2.33. The van der Waals surface area contributed by atoms with Gasteiger partial charge in [-0.2, -0.15) is 11.3 Å². The van der Waals surface area contributed by atoms with E-state index >= 15 is 0 Å². The van der Waals surface area contributed by atoms with E-state index in [9.17, 15) is 9.59 Å². The zero-order valence-electron chi connectivity index (χ0n) is 15.8. The van der Waals surface area contributed by atoms with Gasteiger partial charge in [0, 0.05) is 22.6 Å². The van der Waals surface area contributed by atoms with Crippen molar-refractivity contribution in [2.45, 2.75) is 46.6 Å². The van der Waals surface area contributed by atoms with E-state index < -0.39 is 0 Å². The highest BCUT2D eigenvalue weighted by Gasteiger charge is 2.21. The highest BCUT2D eigenvalue weighted by atomic mass is 32.1. The van der Waals surface area contributed by atoms with Crippen LogP contribution in [0.4, 0.5) is 0 Å². The Hall–Kier alpha value is -2.32. The van der Waals surface area contributed by atoms with Crippen LogP contribution in [-0.4, -0.2) is 20.9 Å². The molecule has 0 saturated heterocycles. The number of H-pyrrole nitrogens is 1. The third-order valence-corrected chi connectivity index (χ3v) is 6.29. The first-order chi connectivity index (χ1) is 12.8. The predicted octanol–water partition coefficient (Wildman–Crippen LogP) is 3.16. The average molecular weight is 403 g/mol. The van der Waals surface area contributed by atoms with Crippen LogP contribution in [0.3, 0.4) is 0 Å². The van der Waals surface area contributed by atoms with Crippen molar-refractivity contribution in [1.82, 2.24) is 20.3 Å². The largest absolute Gasteiger partial charge is 0.346 e. The molecule has 0 bridgehead atoms. The second kappa shape index (κ2) is 8.14. The fourth-order valence-electron chi connectivity index (χ4n) is 2.86. The van der Waals surface area contributed by atoms with E-state index in [2.05, 4.69) is 31.7 Å². The van der Waals surface area contributed by atoms with Crippen molar-refractivity contribution < 1.29 is 4.79 Å². The van der Waals surface area contributed by atoms with Crippen molar-refractivity contribution in [2.24, 2.45) is 0 Å². The number of thiazole rings is 1. The molecule has 3 aromatic rings. The van der Waals surface area contributed by atoms with E-state index in [1.54, 1.807) is 36.5 Å². The van der Waals surface area contributed by atoms with E-state index in [1.165, 1.54) is 0 Å². The Labute approximate surface area is 165 Å². The standard InChI is InChI=1S/C19H22N4O2S2/c1-10-12(3)27-19(21-10)16(7-14-5-6-26-9-14)23-17(24)8-15-11(2)20-13(4)22-18(15)25/h5-6,9,16H,7-8H2,1-4H3,(H,23,24)(H,20,22,25). The minimum Gasteiger partial charge on any atom is -0.346 e. The molecule has 2 N–H and O–H groups in total. The van der Waals surface area contributed by atoms with Gasteiger partial charge >= 0.3 is 0 Å². The van der Waals surface area contributed by atoms with Crippen LogP contribution in [0.2, 0.25) is 0 Å². The number of aromatic nitrogens is 3. The predicted molar refractivity (Wildman–Crippen MR) is 109 cm³/mol. The van der Waals surface area contributed by atoms with Crippen LogP contribution in [0, 0.1) is 27.7 Å². The molecule has 0 aromatic carbocycles. The number of nitrogens with one attached hydrogen (secondary N) is 2. The number of hydrogen-bond donors (Lipinski definition) is 2. The van der Waals surface area contributed by atoms with Gasteiger partial charge < -0.3 is 10.3 Å². The molecular formula is C19H22N4O2S2. The van der Waals surface area contributed by atoms with E-state index in [0.29, 0.717) is 23.5 Å². The van der Waals surface area contributed by atoms with Gasteiger partial charge in [-0.3, -0.25) is 9.59 Å². The SMILES string of the molecule is Cc1nc(C)c(CC(=O)NC(Cc2ccsc2)c2nc(C)c(C)s2)c(=O)[nH]1. The van der Waals surface area contributed by atoms with Gasteiger partial charge in [0.1, 0.15) is 10.8 Å². The fourth-order valence-corrected chi connectivity index (χ4v) is 4.51. The number of carbonyl (C=O) groups excluding carboxylic acids is 1. The van der Waals surface area contributed by atoms with Crippen molar-refractivity contribution in [3.05, 3.63) is 65.4 Å². The molecule has 142 valence electrons. The zero-order chi connectivity index (χ0) is 19.6. The lowest BCUT2D eigenvalue weighted by molar-refractivity contribution is -0.121. The van der Waals surface area contributed by atoms with Crippen LogP contribution in [0.5, 0.6) is 0 Å². The maximum Gasteiger partial charge on any atom is 0.254 e. The number of hydrogen-bond acceptors (Lipinski definition) is 6. The summed E-state index contributed by atoms with van der Waals surface area (Å²) in [6.07, 6.45) is 0.668. The Kier molecular flexibility index (Phi) is 5.86. The summed E-state index contributed by atoms with van der Waals surface area (Å²) in [4.78, 5) is 37.6. The van der Waals surface area contributed by atoms with Gasteiger partial charge in [0.05, 0.1) is 18.2 Å². The summed E-state index contributed by atoms with van der Waals surface area (Å²) < 4.78 is 0. The summed E-state index contributed by atoms with van der Waals surface area (Å²) in [5, 5.41) is 8.04. The monoisotopic (exact) mass is 402 g/mol. The van der Waals surface area contributed by atoms with Crippen LogP contribution < -0.4 is 10.9 Å². The first-order valence-electron chi connectivity index (χ1n) is 8.64. The van der Waals surface area contributed by atoms with Gasteiger partial charge in [0.15, 0.2) is 0 Å². The summed E-state index contributed by atoms with van der Waals surface area (Å²) in [5.74, 6) is 0.339. The molecule has 3 rings (SSSR count). The van der Waals surface area contributed by atoms with Crippen molar-refractivity contribution in [2.75, 3.05) is 0 Å². The zero-order valence-corrected chi connectivity index (χ0v) is 17.4. The number of rotatable bonds is 6. The molecule has 0 aliphatic carbocycles. The highest BCUT2D eigenvalue weighted by Crippen LogP contribution is 2.26. The third-order valence-electron chi connectivity index (χ3n) is 4.38. The normalized spacial score (nSPS) is 12.1. The second-order valence-corrected chi connectivity index (χ2v) is 8.56. The molecule has 8 heteroatoms. The number of aryl methyl sites for hydroxylation is 4. The summed E-state index contributed by atoms with van der Waals surface area (Å²) in [6.45, 7) is 7.48. The first-order valence-corrected chi connectivity index (χ1v) is 10.4. The van der Waals surface area contributed by atoms with Crippen LogP contribution >= 0.6 is 22.7 Å². The van der Waals surface area contributed by atoms with E-state index in [-0.39, 0.29) is 23.9 Å². The van der Waals surface area contributed by atoms with Crippen LogP contribution in [0.1, 0.15) is 44.3 Å². The van der Waals surface area contributed by atoms with Crippen LogP contribution in [-0.2, 0) is 17.6 Å². The summed E-state index contributed by atoms with van der Waals surface area (Å²) >= 11 is 3.23. The number of carbonyl (C=O) groups is 1. The summed E-state index contributed by atoms with van der Waals surface area (Å²) in [7, 11) is 0. The molecule has 3 heterocycles. The maximum atomic E-state index is 12.7. The quantitative estimate of drug-likeness (QED) is 0.663. The molecule has 0 spiro atoms.